The van der Waals surface area contributed by atoms with Crippen molar-refractivity contribution < 1.29 is 14.1 Å². The lowest BCUT2D eigenvalue weighted by Gasteiger charge is -2.20. The molecule has 1 aromatic heterocycles. The Morgan fingerprint density at radius 2 is 2.14 bits per heavy atom. The minimum absolute atomic E-state index is 0.103. The first-order chi connectivity index (χ1) is 10.6. The number of anilines is 1. The number of halogens is 1. The van der Waals surface area contributed by atoms with E-state index >= 15 is 0 Å². The third kappa shape index (κ3) is 3.40. The van der Waals surface area contributed by atoms with E-state index in [9.17, 15) is 4.79 Å². The monoisotopic (exact) mass is 321 g/mol. The van der Waals surface area contributed by atoms with Gasteiger partial charge in [0, 0.05) is 17.7 Å². The number of rotatable bonds is 3. The molecule has 22 heavy (non-hydrogen) atoms. The topological polar surface area (TPSA) is 76.4 Å². The number of aryl methyl sites for hydroxylation is 1. The summed E-state index contributed by atoms with van der Waals surface area (Å²) in [5.74, 6) is 1.02. The molecule has 2 heterocycles. The van der Waals surface area contributed by atoms with E-state index in [0.717, 1.165) is 12.0 Å². The van der Waals surface area contributed by atoms with E-state index in [1.165, 1.54) is 0 Å². The van der Waals surface area contributed by atoms with Gasteiger partial charge in [0.05, 0.1) is 6.04 Å². The quantitative estimate of drug-likeness (QED) is 0.909. The number of amides is 2. The van der Waals surface area contributed by atoms with Gasteiger partial charge in [-0.2, -0.15) is 0 Å². The summed E-state index contributed by atoms with van der Waals surface area (Å²) in [5.41, 5.74) is 0.990. The average Bonchev–Trinajstić information content (AvgIpc) is 3.09. The minimum Gasteiger partial charge on any atom is -0.371 e. The normalized spacial score (nSPS) is 20.8. The highest BCUT2D eigenvalue weighted by molar-refractivity contribution is 6.30. The van der Waals surface area contributed by atoms with Gasteiger partial charge in [0.1, 0.15) is 11.9 Å². The van der Waals surface area contributed by atoms with Gasteiger partial charge in [-0.05, 0) is 31.0 Å². The van der Waals surface area contributed by atoms with Crippen molar-refractivity contribution in [3.63, 3.8) is 0 Å². The molecule has 0 saturated carbocycles. The van der Waals surface area contributed by atoms with Gasteiger partial charge in [-0.15, -0.1) is 0 Å². The first kappa shape index (κ1) is 14.9. The molecule has 1 aliphatic rings. The largest absolute Gasteiger partial charge is 0.371 e. The van der Waals surface area contributed by atoms with Gasteiger partial charge >= 0.3 is 6.03 Å². The number of hydrogen-bond acceptors (Lipinski definition) is 4. The number of carbonyl (C=O) groups is 1. The van der Waals surface area contributed by atoms with E-state index in [4.69, 9.17) is 20.9 Å². The first-order valence-electron chi connectivity index (χ1n) is 7.00. The van der Waals surface area contributed by atoms with E-state index in [0.29, 0.717) is 23.2 Å². The SMILES string of the molecule is Cc1cc(NC(=O)NC2CCOC2c2ccc(Cl)cc2)no1. The maximum absolute atomic E-state index is 12.0. The fourth-order valence-corrected chi connectivity index (χ4v) is 2.59. The molecule has 1 aromatic carbocycles. The molecule has 116 valence electrons. The number of ether oxygens (including phenoxy) is 1. The number of hydrogen-bond donors (Lipinski definition) is 2. The Balaban J connectivity index is 1.63. The van der Waals surface area contributed by atoms with Crippen LogP contribution in [0.15, 0.2) is 34.9 Å². The molecular weight excluding hydrogens is 306 g/mol. The van der Waals surface area contributed by atoms with Gasteiger partial charge in [-0.1, -0.05) is 28.9 Å². The molecule has 1 saturated heterocycles. The molecular formula is C15H16ClN3O3. The Labute approximate surface area is 132 Å². The predicted octanol–water partition coefficient (Wildman–Crippen LogP) is 3.29. The van der Waals surface area contributed by atoms with E-state index in [-0.39, 0.29) is 18.2 Å². The van der Waals surface area contributed by atoms with Crippen LogP contribution in [-0.4, -0.2) is 23.8 Å². The van der Waals surface area contributed by atoms with Crippen LogP contribution in [0.1, 0.15) is 23.8 Å². The number of urea groups is 1. The third-order valence-electron chi connectivity index (χ3n) is 3.48. The summed E-state index contributed by atoms with van der Waals surface area (Å²) in [6.45, 7) is 2.36. The zero-order chi connectivity index (χ0) is 15.5. The molecule has 2 amide bonds. The van der Waals surface area contributed by atoms with Crippen molar-refractivity contribution in [1.29, 1.82) is 0 Å². The Hall–Kier alpha value is -2.05. The summed E-state index contributed by atoms with van der Waals surface area (Å²) in [5, 5.41) is 9.95. The van der Waals surface area contributed by atoms with Crippen molar-refractivity contribution in [2.24, 2.45) is 0 Å². The summed E-state index contributed by atoms with van der Waals surface area (Å²) >= 11 is 5.89. The van der Waals surface area contributed by atoms with Crippen molar-refractivity contribution in [3.05, 3.63) is 46.7 Å². The van der Waals surface area contributed by atoms with Gasteiger partial charge in [0.15, 0.2) is 5.82 Å². The molecule has 1 aliphatic heterocycles. The van der Waals surface area contributed by atoms with Crippen LogP contribution in [0.2, 0.25) is 5.02 Å². The molecule has 1 fully saturated rings. The lowest BCUT2D eigenvalue weighted by atomic mass is 10.0. The zero-order valence-electron chi connectivity index (χ0n) is 12.0. The second kappa shape index (κ2) is 6.37. The second-order valence-corrected chi connectivity index (χ2v) is 5.60. The molecule has 2 N–H and O–H groups in total. The van der Waals surface area contributed by atoms with Crippen LogP contribution < -0.4 is 10.6 Å². The van der Waals surface area contributed by atoms with Crippen molar-refractivity contribution in [3.8, 4) is 0 Å². The van der Waals surface area contributed by atoms with Gasteiger partial charge < -0.3 is 14.6 Å². The Bertz CT molecular complexity index is 656. The van der Waals surface area contributed by atoms with Gasteiger partial charge in [0.2, 0.25) is 0 Å². The van der Waals surface area contributed by atoms with E-state index in [1.54, 1.807) is 13.0 Å². The fourth-order valence-electron chi connectivity index (χ4n) is 2.46. The summed E-state index contributed by atoms with van der Waals surface area (Å²) in [7, 11) is 0. The van der Waals surface area contributed by atoms with E-state index in [2.05, 4.69) is 15.8 Å². The summed E-state index contributed by atoms with van der Waals surface area (Å²) < 4.78 is 10.6. The number of aromatic nitrogens is 1. The first-order valence-corrected chi connectivity index (χ1v) is 7.37. The van der Waals surface area contributed by atoms with Crippen LogP contribution in [0.5, 0.6) is 0 Å². The summed E-state index contributed by atoms with van der Waals surface area (Å²) in [6, 6.07) is 8.66. The molecule has 2 atom stereocenters. The minimum atomic E-state index is -0.331. The lowest BCUT2D eigenvalue weighted by molar-refractivity contribution is 0.100. The van der Waals surface area contributed by atoms with Crippen LogP contribution in [-0.2, 0) is 4.74 Å². The van der Waals surface area contributed by atoms with Crippen LogP contribution >= 0.6 is 11.6 Å². The molecule has 0 bridgehead atoms. The average molecular weight is 322 g/mol. The third-order valence-corrected chi connectivity index (χ3v) is 3.73. The number of carbonyl (C=O) groups excluding carboxylic acids is 1. The number of benzene rings is 1. The second-order valence-electron chi connectivity index (χ2n) is 5.16. The molecule has 2 aromatic rings. The molecule has 0 radical (unpaired) electrons. The van der Waals surface area contributed by atoms with Gasteiger partial charge in [-0.25, -0.2) is 4.79 Å². The van der Waals surface area contributed by atoms with Crippen LogP contribution in [0.4, 0.5) is 10.6 Å². The maximum atomic E-state index is 12.0. The number of nitrogens with one attached hydrogen (secondary N) is 2. The lowest BCUT2D eigenvalue weighted by Crippen LogP contribution is -2.39. The van der Waals surface area contributed by atoms with Crippen LogP contribution in [0.3, 0.4) is 0 Å². The van der Waals surface area contributed by atoms with E-state index in [1.807, 2.05) is 24.3 Å². The molecule has 0 spiro atoms. The maximum Gasteiger partial charge on any atom is 0.320 e. The smallest absolute Gasteiger partial charge is 0.320 e. The Morgan fingerprint density at radius 3 is 2.82 bits per heavy atom. The Morgan fingerprint density at radius 1 is 1.36 bits per heavy atom. The van der Waals surface area contributed by atoms with Crippen molar-refractivity contribution in [2.45, 2.75) is 25.5 Å². The summed E-state index contributed by atoms with van der Waals surface area (Å²) in [6.07, 6.45) is 0.570. The molecule has 3 rings (SSSR count). The number of nitrogens with zero attached hydrogens (tertiary/aromatic N) is 1. The van der Waals surface area contributed by atoms with Gasteiger partial charge in [0.25, 0.3) is 0 Å². The van der Waals surface area contributed by atoms with Crippen LogP contribution in [0.25, 0.3) is 0 Å². The molecule has 0 aliphatic carbocycles. The van der Waals surface area contributed by atoms with Crippen molar-refractivity contribution >= 4 is 23.4 Å². The highest BCUT2D eigenvalue weighted by Crippen LogP contribution is 2.30. The highest BCUT2D eigenvalue weighted by Gasteiger charge is 2.31. The molecule has 7 heteroatoms. The van der Waals surface area contributed by atoms with E-state index < -0.39 is 0 Å². The summed E-state index contributed by atoms with van der Waals surface area (Å²) in [4.78, 5) is 12.0. The Kier molecular flexibility index (Phi) is 4.31. The van der Waals surface area contributed by atoms with Gasteiger partial charge in [-0.3, -0.25) is 5.32 Å². The molecule has 6 nitrogen and oxygen atoms in total. The zero-order valence-corrected chi connectivity index (χ0v) is 12.8. The fraction of sp³-hybridized carbons (Fsp3) is 0.333. The van der Waals surface area contributed by atoms with Crippen molar-refractivity contribution in [2.75, 3.05) is 11.9 Å². The van der Waals surface area contributed by atoms with Crippen LogP contribution in [0, 0.1) is 6.92 Å². The molecule has 2 unspecified atom stereocenters. The predicted molar refractivity (Wildman–Crippen MR) is 81.9 cm³/mol. The van der Waals surface area contributed by atoms with Crippen molar-refractivity contribution in [1.82, 2.24) is 10.5 Å². The standard InChI is InChI=1S/C15H16ClN3O3/c1-9-8-13(19-22-9)18-15(20)17-12-6-7-21-14(12)10-2-4-11(16)5-3-10/h2-5,8,12,14H,6-7H2,1H3,(H2,17,18,19,20). The highest BCUT2D eigenvalue weighted by atomic mass is 35.5.